The molecule has 0 aliphatic rings. The first-order chi connectivity index (χ1) is 54.4. The molecule has 17 aromatic carbocycles. The average molecular weight is 1400 g/mol. The fourth-order valence-corrected chi connectivity index (χ4v) is 17.7. The lowest BCUT2D eigenvalue weighted by molar-refractivity contribution is 0.668. The van der Waals surface area contributed by atoms with E-state index in [4.69, 9.17) is 23.2 Å². The Hall–Kier alpha value is -14.9. The van der Waals surface area contributed by atoms with Crippen LogP contribution in [0.1, 0.15) is 0 Å². The zero-order valence-electron chi connectivity index (χ0n) is 59.0. The first-order valence-electron chi connectivity index (χ1n) is 37.4. The molecular weight excluding hydrogens is 1340 g/mol. The molecule has 0 amide bonds. The number of nitrogens with zero attached hydrogens (tertiary/aromatic N) is 5. The SMILES string of the molecule is c1ccc2c(c1)oc1cc(-c3ccc4c(c3)c3ccccc3n4-c3ccc(-c4ccc5nc(-c6ccc(-n7c8ccccc8c8cc(-c9ccc%10c(c9)oc9ccccc9%10)ccc87)cc6)nc(-c6ccc7cc(-n8c9ccccc9c9cc(-c%10ccc%11c(c%10)oc%10ccccc%10%11)ccc98)ccc7c6)c5c4)cc3)ccc12. The molecule has 110 heavy (non-hydrogen) atoms. The Morgan fingerprint density at radius 2 is 0.500 bits per heavy atom. The number of hydrogen-bond donors (Lipinski definition) is 0. The van der Waals surface area contributed by atoms with Crippen molar-refractivity contribution in [3.05, 3.63) is 358 Å². The molecule has 0 atom stereocenters. The molecule has 24 aromatic rings. The summed E-state index contributed by atoms with van der Waals surface area (Å²) in [6, 6.07) is 129. The summed E-state index contributed by atoms with van der Waals surface area (Å²) < 4.78 is 26.2. The van der Waals surface area contributed by atoms with Gasteiger partial charge in [0.05, 0.1) is 44.3 Å². The highest BCUT2D eigenvalue weighted by molar-refractivity contribution is 6.15. The number of benzene rings is 17. The van der Waals surface area contributed by atoms with Gasteiger partial charge in [0, 0.05) is 98.2 Å². The van der Waals surface area contributed by atoms with E-state index < -0.39 is 0 Å². The van der Waals surface area contributed by atoms with Crippen LogP contribution in [-0.2, 0) is 0 Å². The molecule has 0 radical (unpaired) electrons. The van der Waals surface area contributed by atoms with Gasteiger partial charge in [-0.1, -0.05) is 182 Å². The van der Waals surface area contributed by atoms with Crippen LogP contribution in [0, 0.1) is 0 Å². The van der Waals surface area contributed by atoms with Crippen LogP contribution in [0.4, 0.5) is 0 Å². The van der Waals surface area contributed by atoms with Crippen LogP contribution >= 0.6 is 0 Å². The van der Waals surface area contributed by atoms with Crippen molar-refractivity contribution < 1.29 is 13.3 Å². The van der Waals surface area contributed by atoms with Gasteiger partial charge < -0.3 is 27.0 Å². The van der Waals surface area contributed by atoms with E-state index in [1.165, 1.54) is 32.3 Å². The Morgan fingerprint density at radius 3 is 0.973 bits per heavy atom. The molecule has 7 heterocycles. The minimum absolute atomic E-state index is 0.648. The highest BCUT2D eigenvalue weighted by Gasteiger charge is 2.22. The number of hydrogen-bond acceptors (Lipinski definition) is 5. The maximum Gasteiger partial charge on any atom is 0.160 e. The second-order valence-corrected chi connectivity index (χ2v) is 29.1. The molecule has 8 nitrogen and oxygen atoms in total. The first kappa shape index (κ1) is 60.4. The lowest BCUT2D eigenvalue weighted by Gasteiger charge is -2.14. The van der Waals surface area contributed by atoms with Gasteiger partial charge in [0.1, 0.15) is 33.5 Å². The second-order valence-electron chi connectivity index (χ2n) is 29.1. The molecule has 0 bridgehead atoms. The number of rotatable bonds is 9. The third-order valence-electron chi connectivity index (χ3n) is 23.0. The second kappa shape index (κ2) is 23.3. The molecule has 0 N–H and O–H groups in total. The van der Waals surface area contributed by atoms with Crippen LogP contribution < -0.4 is 0 Å². The van der Waals surface area contributed by atoms with E-state index in [9.17, 15) is 0 Å². The minimum atomic E-state index is 0.648. The van der Waals surface area contributed by atoms with E-state index >= 15 is 0 Å². The molecule has 0 unspecified atom stereocenters. The van der Waals surface area contributed by atoms with Gasteiger partial charge in [0.15, 0.2) is 5.82 Å². The smallest absolute Gasteiger partial charge is 0.160 e. The fraction of sp³-hybridized carbons (Fsp3) is 0. The Morgan fingerprint density at radius 1 is 0.182 bits per heavy atom. The van der Waals surface area contributed by atoms with Crippen LogP contribution in [0.15, 0.2) is 371 Å². The van der Waals surface area contributed by atoms with Crippen molar-refractivity contribution >= 4 is 153 Å². The van der Waals surface area contributed by atoms with Crippen LogP contribution in [0.3, 0.4) is 0 Å². The van der Waals surface area contributed by atoms with Crippen LogP contribution in [-0.4, -0.2) is 23.7 Å². The van der Waals surface area contributed by atoms with Gasteiger partial charge in [0.25, 0.3) is 0 Å². The van der Waals surface area contributed by atoms with Gasteiger partial charge in [-0.05, 0) is 231 Å². The lowest BCUT2D eigenvalue weighted by atomic mass is 9.98. The molecule has 0 spiro atoms. The number of furan rings is 3. The van der Waals surface area contributed by atoms with Crippen LogP contribution in [0.25, 0.3) is 237 Å². The molecule has 0 saturated heterocycles. The molecule has 8 heteroatoms. The number of fused-ring (bicyclic) bond motifs is 20. The summed E-state index contributed by atoms with van der Waals surface area (Å²) in [7, 11) is 0. The lowest BCUT2D eigenvalue weighted by Crippen LogP contribution is -1.98. The zero-order chi connectivity index (χ0) is 71.8. The van der Waals surface area contributed by atoms with Crippen molar-refractivity contribution in [3.63, 3.8) is 0 Å². The Labute approximate surface area is 628 Å². The van der Waals surface area contributed by atoms with Crippen molar-refractivity contribution in [3.8, 4) is 84.2 Å². The van der Waals surface area contributed by atoms with Crippen LogP contribution in [0.5, 0.6) is 0 Å². The maximum absolute atomic E-state index is 6.36. The molecule has 0 aliphatic carbocycles. The predicted octanol–water partition coefficient (Wildman–Crippen LogP) is 27.8. The average Bonchev–Trinajstić information content (AvgIpc) is 1.66. The summed E-state index contributed by atoms with van der Waals surface area (Å²) in [5.74, 6) is 0.648. The van der Waals surface area contributed by atoms with Gasteiger partial charge >= 0.3 is 0 Å². The van der Waals surface area contributed by atoms with Crippen molar-refractivity contribution in [2.45, 2.75) is 0 Å². The van der Waals surface area contributed by atoms with Gasteiger partial charge in [-0.15, -0.1) is 0 Å². The number of aromatic nitrogens is 5. The summed E-state index contributed by atoms with van der Waals surface area (Å²) in [5.41, 5.74) is 28.0. The summed E-state index contributed by atoms with van der Waals surface area (Å²) in [4.78, 5) is 11.1. The molecule has 510 valence electrons. The molecule has 0 aliphatic heterocycles. The Bertz CT molecular complexity index is 8040. The van der Waals surface area contributed by atoms with Gasteiger partial charge in [-0.2, -0.15) is 0 Å². The van der Waals surface area contributed by atoms with Gasteiger partial charge in [-0.3, -0.25) is 0 Å². The highest BCUT2D eigenvalue weighted by Crippen LogP contribution is 2.44. The highest BCUT2D eigenvalue weighted by atomic mass is 16.3. The van der Waals surface area contributed by atoms with E-state index in [0.29, 0.717) is 5.82 Å². The van der Waals surface area contributed by atoms with Crippen LogP contribution in [0.2, 0.25) is 0 Å². The quantitative estimate of drug-likeness (QED) is 0.144. The van der Waals surface area contributed by atoms with Crippen molar-refractivity contribution in [1.29, 1.82) is 0 Å². The van der Waals surface area contributed by atoms with E-state index in [1.807, 2.05) is 36.4 Å². The first-order valence-corrected chi connectivity index (χ1v) is 37.4. The zero-order valence-corrected chi connectivity index (χ0v) is 59.0. The third kappa shape index (κ3) is 9.27. The third-order valence-corrected chi connectivity index (χ3v) is 23.0. The number of para-hydroxylation sites is 6. The molecule has 0 fully saturated rings. The Balaban J connectivity index is 0.601. The topological polar surface area (TPSA) is 80.0 Å². The molecule has 0 saturated carbocycles. The molecule has 7 aromatic heterocycles. The maximum atomic E-state index is 6.36. The summed E-state index contributed by atoms with van der Waals surface area (Å²) in [5, 5.41) is 17.1. The summed E-state index contributed by atoms with van der Waals surface area (Å²) >= 11 is 0. The predicted molar refractivity (Wildman–Crippen MR) is 455 cm³/mol. The summed E-state index contributed by atoms with van der Waals surface area (Å²) in [6.07, 6.45) is 0. The normalized spacial score (nSPS) is 12.2. The monoisotopic (exact) mass is 1400 g/mol. The minimum Gasteiger partial charge on any atom is -0.456 e. The van der Waals surface area contributed by atoms with Gasteiger partial charge in [0.2, 0.25) is 0 Å². The van der Waals surface area contributed by atoms with Crippen molar-refractivity contribution in [2.24, 2.45) is 0 Å². The van der Waals surface area contributed by atoms with E-state index in [1.54, 1.807) is 0 Å². The fourth-order valence-electron chi connectivity index (χ4n) is 17.7. The Kier molecular flexibility index (Phi) is 12.8. The van der Waals surface area contributed by atoms with E-state index in [-0.39, 0.29) is 0 Å². The standard InChI is InChI=1S/C102H59N5O3/c1-7-19-89-75(13-1)84-53-65(68-32-44-81-78-16-4-10-22-95(78)108-98(81)57-68)36-48-92(84)105(89)72-39-27-60(28-40-72)64-35-47-88-87(56-64)101(104-102(103-88)61-29-41-73(42-30-61)106-90-20-8-2-14-76(90)85-54-66(37-49-93(85)106)69-33-45-82-79-17-5-11-23-96(79)109-99(82)58-69)71-26-25-63-52-74(43-31-62(63)51-71)107-91-21-9-3-15-77(91)86-55-67(38-50-94(86)107)70-34-46-83-80-18-6-12-24-97(80)110-100(83)59-70/h1-59H. The van der Waals surface area contributed by atoms with Crippen molar-refractivity contribution in [2.75, 3.05) is 0 Å². The van der Waals surface area contributed by atoms with Gasteiger partial charge in [-0.25, -0.2) is 9.97 Å². The molecular formula is C102H59N5O3. The van der Waals surface area contributed by atoms with Crippen molar-refractivity contribution in [1.82, 2.24) is 23.7 Å². The van der Waals surface area contributed by atoms with E-state index in [2.05, 4.69) is 335 Å². The molecule has 24 rings (SSSR count). The van der Waals surface area contributed by atoms with E-state index in [0.717, 1.165) is 199 Å². The summed E-state index contributed by atoms with van der Waals surface area (Å²) in [6.45, 7) is 0. The largest absolute Gasteiger partial charge is 0.456 e.